The van der Waals surface area contributed by atoms with Gasteiger partial charge >= 0.3 is 6.18 Å². The van der Waals surface area contributed by atoms with Crippen molar-refractivity contribution in [1.29, 1.82) is 5.26 Å². The van der Waals surface area contributed by atoms with Crippen LogP contribution in [0.4, 0.5) is 19.0 Å². The van der Waals surface area contributed by atoms with E-state index in [2.05, 4.69) is 44.2 Å². The van der Waals surface area contributed by atoms with Gasteiger partial charge in [0.05, 0.1) is 12.2 Å². The van der Waals surface area contributed by atoms with E-state index in [1.807, 2.05) is 12.1 Å². The van der Waals surface area contributed by atoms with Gasteiger partial charge in [-0.1, -0.05) is 6.07 Å². The van der Waals surface area contributed by atoms with Gasteiger partial charge in [-0.2, -0.15) is 18.4 Å². The molecule has 0 bridgehead atoms. The lowest BCUT2D eigenvalue weighted by atomic mass is 10.00. The third-order valence-corrected chi connectivity index (χ3v) is 7.12. The summed E-state index contributed by atoms with van der Waals surface area (Å²) in [4.78, 5) is 15.6. The van der Waals surface area contributed by atoms with E-state index in [0.717, 1.165) is 54.8 Å². The van der Waals surface area contributed by atoms with Crippen LogP contribution in [0, 0.1) is 18.3 Å². The molecule has 0 amide bonds. The summed E-state index contributed by atoms with van der Waals surface area (Å²) < 4.78 is 38.3. The van der Waals surface area contributed by atoms with E-state index in [1.165, 1.54) is 22.4 Å². The number of hydrogen-bond acceptors (Lipinski definition) is 6. The van der Waals surface area contributed by atoms with Gasteiger partial charge in [0.1, 0.15) is 23.9 Å². The Labute approximate surface area is 202 Å². The zero-order valence-electron chi connectivity index (χ0n) is 19.6. The number of halogens is 3. The minimum absolute atomic E-state index is 0.200. The molecule has 5 rings (SSSR count). The van der Waals surface area contributed by atoms with Crippen LogP contribution in [0.25, 0.3) is 10.9 Å². The highest BCUT2D eigenvalue weighted by molar-refractivity contribution is 5.85. The number of H-pyrrole nitrogens is 1. The summed E-state index contributed by atoms with van der Waals surface area (Å²) in [5.41, 5.74) is 5.66. The minimum Gasteiger partial charge on any atom is -0.367 e. The number of nitriles is 1. The van der Waals surface area contributed by atoms with E-state index in [0.29, 0.717) is 24.4 Å². The van der Waals surface area contributed by atoms with Crippen molar-refractivity contribution in [3.63, 3.8) is 0 Å². The number of nitrogens with zero attached hydrogens (tertiary/aromatic N) is 5. The number of rotatable bonds is 5. The van der Waals surface area contributed by atoms with Crippen molar-refractivity contribution < 1.29 is 13.2 Å². The summed E-state index contributed by atoms with van der Waals surface area (Å²) in [5, 5.41) is 13.8. The molecule has 35 heavy (non-hydrogen) atoms. The second kappa shape index (κ2) is 9.47. The van der Waals surface area contributed by atoms with Gasteiger partial charge in [-0.05, 0) is 49.4 Å². The molecule has 0 aliphatic carbocycles. The van der Waals surface area contributed by atoms with Crippen molar-refractivity contribution in [2.45, 2.75) is 51.5 Å². The maximum absolute atomic E-state index is 12.8. The van der Waals surface area contributed by atoms with Crippen LogP contribution in [0.5, 0.6) is 0 Å². The van der Waals surface area contributed by atoms with Crippen molar-refractivity contribution in [2.24, 2.45) is 0 Å². The number of aromatic nitrogens is 3. The summed E-state index contributed by atoms with van der Waals surface area (Å²) in [5.74, 6) is 0.766. The van der Waals surface area contributed by atoms with E-state index in [4.69, 9.17) is 5.26 Å². The number of anilines is 1. The van der Waals surface area contributed by atoms with Crippen LogP contribution >= 0.6 is 0 Å². The first-order chi connectivity index (χ1) is 16.8. The fraction of sp³-hybridized carbons (Fsp3) is 0.480. The van der Waals surface area contributed by atoms with E-state index < -0.39 is 12.7 Å². The summed E-state index contributed by atoms with van der Waals surface area (Å²) in [6, 6.07) is 8.53. The Morgan fingerprint density at radius 1 is 1.17 bits per heavy atom. The Balaban J connectivity index is 1.19. The highest BCUT2D eigenvalue weighted by Crippen LogP contribution is 2.28. The van der Waals surface area contributed by atoms with Crippen molar-refractivity contribution >= 4 is 16.7 Å². The molecule has 0 radical (unpaired) electrons. The first-order valence-corrected chi connectivity index (χ1v) is 11.9. The van der Waals surface area contributed by atoms with Gasteiger partial charge in [0.2, 0.25) is 0 Å². The number of fused-ring (bicyclic) bond motifs is 2. The second-order valence-corrected chi connectivity index (χ2v) is 9.52. The van der Waals surface area contributed by atoms with Crippen molar-refractivity contribution in [2.75, 3.05) is 31.5 Å². The molecule has 1 fully saturated rings. The normalized spacial score (nSPS) is 17.9. The molecule has 1 aromatic carbocycles. The first kappa shape index (κ1) is 23.6. The molecule has 7 nitrogen and oxygen atoms in total. The molecule has 10 heteroatoms. The Morgan fingerprint density at radius 3 is 2.71 bits per heavy atom. The SMILES string of the molecule is Cc1c(CN2CCC(Nc3ncnc4c3CCN(CC(F)(F)F)C4)CC2)ccc2[nH]c(C#N)cc12. The Bertz CT molecular complexity index is 1250. The van der Waals surface area contributed by atoms with Crippen molar-refractivity contribution in [3.8, 4) is 6.07 Å². The smallest absolute Gasteiger partial charge is 0.367 e. The molecular formula is C25H28F3N7. The van der Waals surface area contributed by atoms with Gasteiger partial charge in [-0.3, -0.25) is 9.80 Å². The van der Waals surface area contributed by atoms with Crippen LogP contribution in [0.3, 0.4) is 0 Å². The molecule has 2 N–H and O–H groups in total. The molecule has 1 saturated heterocycles. The van der Waals surface area contributed by atoms with Gasteiger partial charge in [0, 0.05) is 55.2 Å². The predicted octanol–water partition coefficient (Wildman–Crippen LogP) is 4.13. The zero-order chi connectivity index (χ0) is 24.6. The third-order valence-electron chi connectivity index (χ3n) is 7.12. The Hall–Kier alpha value is -3.16. The van der Waals surface area contributed by atoms with Crippen molar-refractivity contribution in [3.05, 3.63) is 52.6 Å². The van der Waals surface area contributed by atoms with Gasteiger partial charge in [0.15, 0.2) is 0 Å². The van der Waals surface area contributed by atoms with Crippen LogP contribution in [0.15, 0.2) is 24.5 Å². The number of nitrogens with one attached hydrogen (secondary N) is 2. The van der Waals surface area contributed by atoms with Crippen LogP contribution in [-0.4, -0.2) is 63.1 Å². The van der Waals surface area contributed by atoms with Gasteiger partial charge in [-0.15, -0.1) is 0 Å². The molecule has 3 aromatic rings. The second-order valence-electron chi connectivity index (χ2n) is 9.52. The summed E-state index contributed by atoms with van der Waals surface area (Å²) in [6.45, 7) is 4.50. The van der Waals surface area contributed by atoms with Crippen LogP contribution in [-0.2, 0) is 19.5 Å². The number of aromatic amines is 1. The molecule has 4 heterocycles. The monoisotopic (exact) mass is 483 g/mol. The number of aryl methyl sites for hydroxylation is 1. The van der Waals surface area contributed by atoms with E-state index in [-0.39, 0.29) is 12.6 Å². The molecule has 184 valence electrons. The van der Waals surface area contributed by atoms with Gasteiger partial charge in [0.25, 0.3) is 0 Å². The molecule has 2 aliphatic heterocycles. The van der Waals surface area contributed by atoms with E-state index in [9.17, 15) is 13.2 Å². The molecule has 0 saturated carbocycles. The zero-order valence-corrected chi connectivity index (χ0v) is 19.6. The fourth-order valence-electron chi connectivity index (χ4n) is 5.22. The topological polar surface area (TPSA) is 83.9 Å². The summed E-state index contributed by atoms with van der Waals surface area (Å²) in [6.07, 6.45) is -0.315. The standard InChI is InChI=1S/C25H28F3N7/c1-16-17(2-3-22-21(16)10-19(11-29)32-22)12-34-7-4-18(5-8-34)33-24-20-6-9-35(14-25(26,27)28)13-23(20)30-15-31-24/h2-3,10,15,18,32H,4-9,12-14H2,1H3,(H,30,31,33). The Morgan fingerprint density at radius 2 is 1.97 bits per heavy atom. The predicted molar refractivity (Wildman–Crippen MR) is 127 cm³/mol. The quantitative estimate of drug-likeness (QED) is 0.568. The number of hydrogen-bond donors (Lipinski definition) is 2. The van der Waals surface area contributed by atoms with Crippen molar-refractivity contribution in [1.82, 2.24) is 24.8 Å². The number of piperidine rings is 1. The number of likely N-dealkylation sites (tertiary alicyclic amines) is 1. The summed E-state index contributed by atoms with van der Waals surface area (Å²) >= 11 is 0. The first-order valence-electron chi connectivity index (χ1n) is 11.9. The molecule has 0 spiro atoms. The highest BCUT2D eigenvalue weighted by Gasteiger charge is 2.33. The maximum Gasteiger partial charge on any atom is 0.401 e. The average molecular weight is 484 g/mol. The number of alkyl halides is 3. The van der Waals surface area contributed by atoms with Gasteiger partial charge in [-0.25, -0.2) is 9.97 Å². The van der Waals surface area contributed by atoms with E-state index >= 15 is 0 Å². The largest absolute Gasteiger partial charge is 0.401 e. The van der Waals surface area contributed by atoms with Crippen LogP contribution in [0.2, 0.25) is 0 Å². The maximum atomic E-state index is 12.8. The van der Waals surface area contributed by atoms with Gasteiger partial charge < -0.3 is 10.3 Å². The van der Waals surface area contributed by atoms with E-state index in [1.54, 1.807) is 0 Å². The van der Waals surface area contributed by atoms with Crippen LogP contribution in [0.1, 0.15) is 40.9 Å². The lowest BCUT2D eigenvalue weighted by molar-refractivity contribution is -0.147. The lowest BCUT2D eigenvalue weighted by Gasteiger charge is -2.34. The molecule has 0 unspecified atom stereocenters. The minimum atomic E-state index is -4.20. The molecule has 2 aromatic heterocycles. The molecule has 0 atom stereocenters. The number of benzene rings is 1. The lowest BCUT2D eigenvalue weighted by Crippen LogP contribution is -2.40. The highest BCUT2D eigenvalue weighted by atomic mass is 19.4. The molecule has 2 aliphatic rings. The Kier molecular flexibility index (Phi) is 6.38. The average Bonchev–Trinajstić information content (AvgIpc) is 3.25. The third kappa shape index (κ3) is 5.26. The summed E-state index contributed by atoms with van der Waals surface area (Å²) in [7, 11) is 0. The van der Waals surface area contributed by atoms with Crippen LogP contribution < -0.4 is 5.32 Å². The molecular weight excluding hydrogens is 455 g/mol. The fourth-order valence-corrected chi connectivity index (χ4v) is 5.22.